The van der Waals surface area contributed by atoms with Crippen molar-refractivity contribution in [3.63, 3.8) is 0 Å². The van der Waals surface area contributed by atoms with Gasteiger partial charge in [-0.15, -0.1) is 0 Å². The summed E-state index contributed by atoms with van der Waals surface area (Å²) < 4.78 is 11.3. The minimum Gasteiger partial charge on any atom is -0.376 e. The third-order valence-electron chi connectivity index (χ3n) is 3.00. The van der Waals surface area contributed by atoms with E-state index in [1.165, 1.54) is 13.0 Å². The van der Waals surface area contributed by atoms with Crippen LogP contribution >= 0.6 is 0 Å². The molecule has 2 fully saturated rings. The van der Waals surface area contributed by atoms with E-state index in [-0.39, 0.29) is 5.60 Å². The molecule has 1 saturated heterocycles. The minimum absolute atomic E-state index is 0.00707. The molecule has 3 heteroatoms. The van der Waals surface area contributed by atoms with Gasteiger partial charge in [-0.25, -0.2) is 0 Å². The van der Waals surface area contributed by atoms with Crippen molar-refractivity contribution in [1.29, 1.82) is 0 Å². The Morgan fingerprint density at radius 3 is 2.93 bits per heavy atom. The average molecular weight is 213 g/mol. The number of hydrogen-bond acceptors (Lipinski definition) is 3. The van der Waals surface area contributed by atoms with Gasteiger partial charge in [0.25, 0.3) is 0 Å². The summed E-state index contributed by atoms with van der Waals surface area (Å²) in [6.45, 7) is 10.4. The van der Waals surface area contributed by atoms with E-state index >= 15 is 0 Å². The Kier molecular flexibility index (Phi) is 3.33. The molecule has 88 valence electrons. The fraction of sp³-hybridized carbons (Fsp3) is 1.00. The second kappa shape index (κ2) is 4.40. The van der Waals surface area contributed by atoms with Crippen LogP contribution in [0.4, 0.5) is 0 Å². The molecule has 0 aromatic carbocycles. The molecule has 2 unspecified atom stereocenters. The molecule has 0 N–H and O–H groups in total. The highest BCUT2D eigenvalue weighted by Gasteiger charge is 2.45. The van der Waals surface area contributed by atoms with Crippen LogP contribution < -0.4 is 0 Å². The van der Waals surface area contributed by atoms with Crippen LogP contribution in [0.5, 0.6) is 0 Å². The summed E-state index contributed by atoms with van der Waals surface area (Å²) >= 11 is 0. The quantitative estimate of drug-likeness (QED) is 0.663. The van der Waals surface area contributed by atoms with Crippen LogP contribution in [0.3, 0.4) is 0 Å². The second-order valence-electron chi connectivity index (χ2n) is 5.56. The van der Waals surface area contributed by atoms with E-state index in [1.807, 2.05) is 0 Å². The van der Waals surface area contributed by atoms with E-state index in [9.17, 15) is 0 Å². The molecule has 0 amide bonds. The topological polar surface area (TPSA) is 21.7 Å². The molecule has 0 aromatic heterocycles. The van der Waals surface area contributed by atoms with Crippen LogP contribution in [0.2, 0.25) is 0 Å². The van der Waals surface area contributed by atoms with E-state index in [2.05, 4.69) is 25.7 Å². The summed E-state index contributed by atoms with van der Waals surface area (Å²) in [5, 5.41) is 0. The Balaban J connectivity index is 1.58. The van der Waals surface area contributed by atoms with Gasteiger partial charge in [0.2, 0.25) is 0 Å². The van der Waals surface area contributed by atoms with Crippen LogP contribution in [0.15, 0.2) is 0 Å². The van der Waals surface area contributed by atoms with Crippen LogP contribution in [0.25, 0.3) is 0 Å². The maximum atomic E-state index is 5.71. The number of fused-ring (bicyclic) bond motifs is 1. The normalized spacial score (nSPS) is 31.4. The van der Waals surface area contributed by atoms with Crippen molar-refractivity contribution in [3.05, 3.63) is 0 Å². The van der Waals surface area contributed by atoms with Crippen molar-refractivity contribution < 1.29 is 9.47 Å². The lowest BCUT2D eigenvalue weighted by Crippen LogP contribution is -2.37. The Morgan fingerprint density at radius 1 is 1.40 bits per heavy atom. The highest BCUT2D eigenvalue weighted by atomic mass is 16.5. The molecule has 0 aromatic rings. The van der Waals surface area contributed by atoms with Gasteiger partial charge in [-0.3, -0.25) is 4.90 Å². The number of ether oxygens (including phenoxy) is 2. The number of nitrogens with zero attached hydrogens (tertiary/aromatic N) is 1. The summed E-state index contributed by atoms with van der Waals surface area (Å²) in [4.78, 5) is 2.56. The van der Waals surface area contributed by atoms with Gasteiger partial charge in [0.1, 0.15) is 0 Å². The first-order valence-electron chi connectivity index (χ1n) is 6.06. The molecule has 2 rings (SSSR count). The highest BCUT2D eigenvalue weighted by Crippen LogP contribution is 2.34. The Bertz CT molecular complexity index is 212. The zero-order chi connectivity index (χ0) is 10.9. The zero-order valence-electron chi connectivity index (χ0n) is 10.2. The average Bonchev–Trinajstić information content (AvgIpc) is 2.89. The lowest BCUT2D eigenvalue weighted by molar-refractivity contribution is -0.0137. The largest absolute Gasteiger partial charge is 0.376 e. The molecular formula is C12H23NO2. The van der Waals surface area contributed by atoms with Gasteiger partial charge in [0.15, 0.2) is 0 Å². The van der Waals surface area contributed by atoms with E-state index in [1.54, 1.807) is 0 Å². The van der Waals surface area contributed by atoms with E-state index in [4.69, 9.17) is 9.47 Å². The second-order valence-corrected chi connectivity index (χ2v) is 5.56. The van der Waals surface area contributed by atoms with E-state index in [0.717, 1.165) is 32.2 Å². The molecule has 2 atom stereocenters. The molecule has 0 spiro atoms. The van der Waals surface area contributed by atoms with E-state index < -0.39 is 0 Å². The van der Waals surface area contributed by atoms with Crippen LogP contribution in [0, 0.1) is 0 Å². The molecule has 2 aliphatic rings. The summed E-state index contributed by atoms with van der Waals surface area (Å²) in [7, 11) is 0. The minimum atomic E-state index is 0.00707. The Morgan fingerprint density at radius 2 is 2.20 bits per heavy atom. The maximum absolute atomic E-state index is 5.71. The zero-order valence-corrected chi connectivity index (χ0v) is 10.2. The molecule has 1 saturated carbocycles. The predicted molar refractivity (Wildman–Crippen MR) is 60.0 cm³/mol. The first-order valence-corrected chi connectivity index (χ1v) is 6.06. The molecule has 15 heavy (non-hydrogen) atoms. The summed E-state index contributed by atoms with van der Waals surface area (Å²) in [5.41, 5.74) is 0.00707. The lowest BCUT2D eigenvalue weighted by Gasteiger charge is -2.27. The van der Waals surface area contributed by atoms with Gasteiger partial charge >= 0.3 is 0 Å². The summed E-state index contributed by atoms with van der Waals surface area (Å²) in [5.74, 6) is 0. The van der Waals surface area contributed by atoms with Crippen LogP contribution in [-0.4, -0.2) is 49.0 Å². The fourth-order valence-electron chi connectivity index (χ4n) is 2.13. The monoisotopic (exact) mass is 213 g/mol. The molecule has 0 bridgehead atoms. The van der Waals surface area contributed by atoms with Gasteiger partial charge in [0.05, 0.1) is 18.3 Å². The standard InChI is InChI=1S/C12H23NO2/c1-12(2,3)15-7-4-5-13-6-8-14-11-9-10(11)13/h10-11H,4-9H2,1-3H3. The molecule has 1 aliphatic heterocycles. The van der Waals surface area contributed by atoms with Gasteiger partial charge in [0, 0.05) is 25.7 Å². The number of morpholine rings is 1. The van der Waals surface area contributed by atoms with Crippen molar-refractivity contribution in [2.45, 2.75) is 51.4 Å². The predicted octanol–water partition coefficient (Wildman–Crippen LogP) is 1.66. The fourth-order valence-corrected chi connectivity index (χ4v) is 2.13. The molecule has 0 radical (unpaired) electrons. The smallest absolute Gasteiger partial charge is 0.0747 e. The molecule has 1 aliphatic carbocycles. The molecular weight excluding hydrogens is 190 g/mol. The maximum Gasteiger partial charge on any atom is 0.0747 e. The van der Waals surface area contributed by atoms with Crippen molar-refractivity contribution in [3.8, 4) is 0 Å². The summed E-state index contributed by atoms with van der Waals surface area (Å²) in [6.07, 6.45) is 2.95. The Labute approximate surface area is 92.7 Å². The molecule has 1 heterocycles. The van der Waals surface area contributed by atoms with Crippen molar-refractivity contribution in [2.24, 2.45) is 0 Å². The highest BCUT2D eigenvalue weighted by molar-refractivity contribution is 4.99. The first kappa shape index (κ1) is 11.4. The number of rotatable bonds is 4. The van der Waals surface area contributed by atoms with Gasteiger partial charge in [-0.05, 0) is 33.6 Å². The van der Waals surface area contributed by atoms with Crippen molar-refractivity contribution in [1.82, 2.24) is 4.90 Å². The third kappa shape index (κ3) is 3.44. The first-order chi connectivity index (χ1) is 7.06. The SMILES string of the molecule is CC(C)(C)OCCCN1CCOC2CC21. The van der Waals surface area contributed by atoms with E-state index in [0.29, 0.717) is 6.10 Å². The van der Waals surface area contributed by atoms with Crippen molar-refractivity contribution in [2.75, 3.05) is 26.3 Å². The molecule has 3 nitrogen and oxygen atoms in total. The number of hydrogen-bond donors (Lipinski definition) is 0. The van der Waals surface area contributed by atoms with Crippen LogP contribution in [-0.2, 0) is 9.47 Å². The lowest BCUT2D eigenvalue weighted by atomic mass is 10.2. The third-order valence-corrected chi connectivity index (χ3v) is 3.00. The van der Waals surface area contributed by atoms with Crippen LogP contribution in [0.1, 0.15) is 33.6 Å². The van der Waals surface area contributed by atoms with Gasteiger partial charge in [-0.1, -0.05) is 0 Å². The summed E-state index contributed by atoms with van der Waals surface area (Å²) in [6, 6.07) is 0.730. The van der Waals surface area contributed by atoms with Gasteiger partial charge < -0.3 is 9.47 Å². The Hall–Kier alpha value is -0.120. The van der Waals surface area contributed by atoms with Gasteiger partial charge in [-0.2, -0.15) is 0 Å². The van der Waals surface area contributed by atoms with Crippen molar-refractivity contribution >= 4 is 0 Å².